The first kappa shape index (κ1) is 13.4. The van der Waals surface area contributed by atoms with Crippen LogP contribution in [0.1, 0.15) is 25.3 Å². The molecule has 2 rings (SSSR count). The monoisotopic (exact) mass is 307 g/mol. The number of nitrogens with zero attached hydrogens (tertiary/aromatic N) is 2. The van der Waals surface area contributed by atoms with Crippen LogP contribution >= 0.6 is 15.9 Å². The van der Waals surface area contributed by atoms with Crippen molar-refractivity contribution in [2.45, 2.75) is 25.8 Å². The minimum atomic E-state index is 0.351. The second-order valence-corrected chi connectivity index (χ2v) is 5.77. The van der Waals surface area contributed by atoms with E-state index in [1.807, 2.05) is 18.2 Å². The number of anilines is 1. The molecule has 1 heterocycles. The molecule has 0 aliphatic carbocycles. The molecule has 0 aromatic heterocycles. The fraction of sp³-hybridized carbons (Fsp3) is 0.500. The number of rotatable bonds is 4. The van der Waals surface area contributed by atoms with Gasteiger partial charge in [-0.05, 0) is 51.1 Å². The molecule has 1 aromatic carbocycles. The molecule has 0 bridgehead atoms. The zero-order valence-electron chi connectivity index (χ0n) is 10.6. The van der Waals surface area contributed by atoms with Gasteiger partial charge in [-0.3, -0.25) is 0 Å². The molecule has 0 saturated carbocycles. The lowest BCUT2D eigenvalue weighted by Gasteiger charge is -2.22. The average molecular weight is 308 g/mol. The number of hydrogen-bond donors (Lipinski definition) is 1. The highest BCUT2D eigenvalue weighted by molar-refractivity contribution is 9.10. The van der Waals surface area contributed by atoms with Gasteiger partial charge in [-0.2, -0.15) is 5.26 Å². The van der Waals surface area contributed by atoms with Crippen molar-refractivity contribution in [3.8, 4) is 6.07 Å². The highest BCUT2D eigenvalue weighted by Gasteiger charge is 2.15. The highest BCUT2D eigenvalue weighted by Crippen LogP contribution is 2.22. The second kappa shape index (κ2) is 6.21. The molecule has 96 valence electrons. The Bertz CT molecular complexity index is 447. The third-order valence-corrected chi connectivity index (χ3v) is 3.73. The Kier molecular flexibility index (Phi) is 4.62. The topological polar surface area (TPSA) is 39.1 Å². The summed E-state index contributed by atoms with van der Waals surface area (Å²) in [6.45, 7) is 5.61. The number of benzene rings is 1. The van der Waals surface area contributed by atoms with Gasteiger partial charge in [0.2, 0.25) is 0 Å². The minimum absolute atomic E-state index is 0.351. The lowest BCUT2D eigenvalue weighted by Crippen LogP contribution is -2.33. The SMILES string of the molecule is CC(CN1CCCC1)Nc1cc(Br)ccc1C#N. The summed E-state index contributed by atoms with van der Waals surface area (Å²) in [4.78, 5) is 2.47. The minimum Gasteiger partial charge on any atom is -0.380 e. The van der Waals surface area contributed by atoms with Crippen LogP contribution in [0.15, 0.2) is 22.7 Å². The van der Waals surface area contributed by atoms with Crippen molar-refractivity contribution in [2.75, 3.05) is 25.0 Å². The van der Waals surface area contributed by atoms with E-state index in [9.17, 15) is 0 Å². The second-order valence-electron chi connectivity index (χ2n) is 4.85. The number of nitriles is 1. The summed E-state index contributed by atoms with van der Waals surface area (Å²) in [5.41, 5.74) is 1.62. The summed E-state index contributed by atoms with van der Waals surface area (Å²) in [5.74, 6) is 0. The van der Waals surface area contributed by atoms with Crippen LogP contribution in [-0.4, -0.2) is 30.6 Å². The maximum Gasteiger partial charge on any atom is 0.101 e. The first-order valence-electron chi connectivity index (χ1n) is 6.37. The predicted molar refractivity (Wildman–Crippen MR) is 77.6 cm³/mol. The molecule has 18 heavy (non-hydrogen) atoms. The Balaban J connectivity index is 1.99. The van der Waals surface area contributed by atoms with Crippen LogP contribution in [0.25, 0.3) is 0 Å². The number of nitrogens with one attached hydrogen (secondary N) is 1. The van der Waals surface area contributed by atoms with Crippen LogP contribution in [0.5, 0.6) is 0 Å². The lowest BCUT2D eigenvalue weighted by molar-refractivity contribution is 0.328. The molecule has 0 radical (unpaired) electrons. The van der Waals surface area contributed by atoms with Crippen LogP contribution in [0.3, 0.4) is 0 Å². The van der Waals surface area contributed by atoms with Crippen molar-refractivity contribution >= 4 is 21.6 Å². The van der Waals surface area contributed by atoms with E-state index < -0.39 is 0 Å². The van der Waals surface area contributed by atoms with E-state index in [0.29, 0.717) is 11.6 Å². The van der Waals surface area contributed by atoms with Crippen LogP contribution in [-0.2, 0) is 0 Å². The van der Waals surface area contributed by atoms with E-state index in [-0.39, 0.29) is 0 Å². The van der Waals surface area contributed by atoms with Crippen molar-refractivity contribution in [3.63, 3.8) is 0 Å². The Hall–Kier alpha value is -1.05. The summed E-state index contributed by atoms with van der Waals surface area (Å²) in [6.07, 6.45) is 2.63. The molecule has 1 fully saturated rings. The predicted octanol–water partition coefficient (Wildman–Crippen LogP) is 3.22. The standard InChI is InChI=1S/C14H18BrN3/c1-11(10-18-6-2-3-7-18)17-14-8-13(15)5-4-12(14)9-16/h4-5,8,11,17H,2-3,6-7,10H2,1H3. The molecule has 0 amide bonds. The zero-order chi connectivity index (χ0) is 13.0. The van der Waals surface area contributed by atoms with Crippen LogP contribution < -0.4 is 5.32 Å². The molecule has 1 unspecified atom stereocenters. The summed E-state index contributed by atoms with van der Waals surface area (Å²) in [7, 11) is 0. The van der Waals surface area contributed by atoms with E-state index in [1.54, 1.807) is 0 Å². The molecule has 1 saturated heterocycles. The van der Waals surface area contributed by atoms with E-state index in [2.05, 4.69) is 39.1 Å². The summed E-state index contributed by atoms with van der Waals surface area (Å²) < 4.78 is 0.998. The van der Waals surface area contributed by atoms with Crippen molar-refractivity contribution < 1.29 is 0 Å². The highest BCUT2D eigenvalue weighted by atomic mass is 79.9. The Morgan fingerprint density at radius 3 is 2.83 bits per heavy atom. The smallest absolute Gasteiger partial charge is 0.101 e. The third kappa shape index (κ3) is 3.47. The maximum atomic E-state index is 9.09. The fourth-order valence-corrected chi connectivity index (χ4v) is 2.76. The normalized spacial score (nSPS) is 17.4. The summed E-state index contributed by atoms with van der Waals surface area (Å²) in [5, 5.41) is 12.5. The lowest BCUT2D eigenvalue weighted by atomic mass is 10.1. The van der Waals surface area contributed by atoms with Crippen LogP contribution in [0.2, 0.25) is 0 Å². The Morgan fingerprint density at radius 1 is 1.44 bits per heavy atom. The summed E-state index contributed by atoms with van der Waals surface area (Å²) >= 11 is 3.44. The van der Waals surface area contributed by atoms with Gasteiger partial charge in [0.1, 0.15) is 6.07 Å². The van der Waals surface area contributed by atoms with Crippen LogP contribution in [0.4, 0.5) is 5.69 Å². The van der Waals surface area contributed by atoms with Gasteiger partial charge < -0.3 is 10.2 Å². The first-order valence-corrected chi connectivity index (χ1v) is 7.17. The molecule has 0 spiro atoms. The Labute approximate surface area is 117 Å². The molecule has 1 aliphatic heterocycles. The van der Waals surface area contributed by atoms with Crippen LogP contribution in [0, 0.1) is 11.3 Å². The zero-order valence-corrected chi connectivity index (χ0v) is 12.2. The van der Waals surface area contributed by atoms with Gasteiger partial charge in [0.25, 0.3) is 0 Å². The molecular weight excluding hydrogens is 290 g/mol. The van der Waals surface area contributed by atoms with E-state index >= 15 is 0 Å². The summed E-state index contributed by atoms with van der Waals surface area (Å²) in [6, 6.07) is 8.29. The van der Waals surface area contributed by atoms with Gasteiger partial charge >= 0.3 is 0 Å². The van der Waals surface area contributed by atoms with Gasteiger partial charge in [0, 0.05) is 17.1 Å². The quantitative estimate of drug-likeness (QED) is 0.928. The number of halogens is 1. The number of hydrogen-bond acceptors (Lipinski definition) is 3. The number of likely N-dealkylation sites (tertiary alicyclic amines) is 1. The van der Waals surface area contributed by atoms with E-state index in [0.717, 1.165) is 16.7 Å². The van der Waals surface area contributed by atoms with Crippen molar-refractivity contribution in [1.29, 1.82) is 5.26 Å². The van der Waals surface area contributed by atoms with Crippen molar-refractivity contribution in [1.82, 2.24) is 4.90 Å². The average Bonchev–Trinajstić information content (AvgIpc) is 2.82. The molecule has 4 heteroatoms. The molecule has 1 aromatic rings. The first-order chi connectivity index (χ1) is 8.69. The van der Waals surface area contributed by atoms with Crippen molar-refractivity contribution in [3.05, 3.63) is 28.2 Å². The largest absolute Gasteiger partial charge is 0.380 e. The van der Waals surface area contributed by atoms with Gasteiger partial charge in [-0.1, -0.05) is 15.9 Å². The third-order valence-electron chi connectivity index (χ3n) is 3.23. The fourth-order valence-electron chi connectivity index (χ4n) is 2.40. The maximum absolute atomic E-state index is 9.09. The van der Waals surface area contributed by atoms with Gasteiger partial charge in [-0.15, -0.1) is 0 Å². The molecule has 1 atom stereocenters. The van der Waals surface area contributed by atoms with Gasteiger partial charge in [0.05, 0.1) is 11.3 Å². The van der Waals surface area contributed by atoms with Gasteiger partial charge in [-0.25, -0.2) is 0 Å². The molecule has 1 N–H and O–H groups in total. The molecular formula is C14H18BrN3. The van der Waals surface area contributed by atoms with E-state index in [4.69, 9.17) is 5.26 Å². The molecule has 1 aliphatic rings. The Morgan fingerprint density at radius 2 is 2.17 bits per heavy atom. The molecule has 3 nitrogen and oxygen atoms in total. The van der Waals surface area contributed by atoms with E-state index in [1.165, 1.54) is 25.9 Å². The van der Waals surface area contributed by atoms with Crippen molar-refractivity contribution in [2.24, 2.45) is 0 Å². The van der Waals surface area contributed by atoms with Gasteiger partial charge in [0.15, 0.2) is 0 Å².